The van der Waals surface area contributed by atoms with Crippen LogP contribution in [0.15, 0.2) is 56.9 Å². The number of amides is 1. The molecule has 2 heterocycles. The predicted molar refractivity (Wildman–Crippen MR) is 114 cm³/mol. The lowest BCUT2D eigenvalue weighted by atomic mass is 10.3. The summed E-state index contributed by atoms with van der Waals surface area (Å²) >= 11 is 0. The van der Waals surface area contributed by atoms with Gasteiger partial charge in [-0.2, -0.15) is 0 Å². The largest absolute Gasteiger partial charge is 0.497 e. The number of sulfone groups is 1. The fraction of sp³-hybridized carbons (Fsp3) is 0.318. The molecule has 0 saturated heterocycles. The van der Waals surface area contributed by atoms with Crippen LogP contribution in [0.2, 0.25) is 0 Å². The monoisotopic (exact) mass is 430 g/mol. The normalized spacial score (nSPS) is 11.5. The van der Waals surface area contributed by atoms with E-state index in [2.05, 4.69) is 5.32 Å². The number of nitrogens with one attached hydrogen (secondary N) is 1. The number of anilines is 1. The number of furan rings is 1. The van der Waals surface area contributed by atoms with Gasteiger partial charge in [0, 0.05) is 12.1 Å². The van der Waals surface area contributed by atoms with Crippen molar-refractivity contribution in [3.63, 3.8) is 0 Å². The molecule has 0 aliphatic carbocycles. The average Bonchev–Trinajstić information content (AvgIpc) is 3.31. The Hall–Kier alpha value is -3.00. The highest BCUT2D eigenvalue weighted by atomic mass is 32.2. The third-order valence-electron chi connectivity index (χ3n) is 5.04. The van der Waals surface area contributed by atoms with Gasteiger partial charge in [-0.05, 0) is 62.2 Å². The minimum atomic E-state index is -3.89. The lowest BCUT2D eigenvalue weighted by Gasteiger charge is -2.14. The molecule has 0 fully saturated rings. The summed E-state index contributed by atoms with van der Waals surface area (Å²) in [5.74, 6) is 1.25. The lowest BCUT2D eigenvalue weighted by molar-refractivity contribution is -0.116. The fourth-order valence-corrected chi connectivity index (χ4v) is 5.03. The highest BCUT2D eigenvalue weighted by Gasteiger charge is 2.30. The molecule has 30 heavy (non-hydrogen) atoms. The summed E-state index contributed by atoms with van der Waals surface area (Å²) in [7, 11) is -2.37. The molecule has 2 aromatic heterocycles. The van der Waals surface area contributed by atoms with Crippen molar-refractivity contribution >= 4 is 21.6 Å². The number of hydrogen-bond acceptors (Lipinski definition) is 5. The molecule has 0 spiro atoms. The standard InChI is InChI=1S/C22H26N2O5S/c1-5-7-20(25)23-22-21(30(26,27)19-11-9-17(28-4)10-12-19)15(2)16(3)24(22)14-18-8-6-13-29-18/h6,8-13H,5,7,14H2,1-4H3,(H,23,25). The molecular formula is C22H26N2O5S. The molecule has 7 nitrogen and oxygen atoms in total. The van der Waals surface area contributed by atoms with Crippen molar-refractivity contribution in [2.24, 2.45) is 0 Å². The summed E-state index contributed by atoms with van der Waals surface area (Å²) in [5, 5.41) is 2.83. The summed E-state index contributed by atoms with van der Waals surface area (Å²) in [6.07, 6.45) is 2.51. The van der Waals surface area contributed by atoms with Crippen LogP contribution in [-0.2, 0) is 21.2 Å². The van der Waals surface area contributed by atoms with Gasteiger partial charge in [0.25, 0.3) is 0 Å². The van der Waals surface area contributed by atoms with E-state index in [1.807, 2.05) is 19.9 Å². The van der Waals surface area contributed by atoms with Crippen LogP contribution in [0.3, 0.4) is 0 Å². The Morgan fingerprint density at radius 2 is 1.87 bits per heavy atom. The molecule has 1 N–H and O–H groups in total. The first-order valence-corrected chi connectivity index (χ1v) is 11.2. The van der Waals surface area contributed by atoms with Gasteiger partial charge in [-0.1, -0.05) is 6.92 Å². The van der Waals surface area contributed by atoms with E-state index in [9.17, 15) is 13.2 Å². The minimum absolute atomic E-state index is 0.0983. The van der Waals surface area contributed by atoms with Crippen LogP contribution in [0, 0.1) is 13.8 Å². The summed E-state index contributed by atoms with van der Waals surface area (Å²) in [5.41, 5.74) is 1.33. The van der Waals surface area contributed by atoms with Crippen LogP contribution in [-0.4, -0.2) is 26.0 Å². The Labute approximate surface area is 176 Å². The van der Waals surface area contributed by atoms with Crippen LogP contribution < -0.4 is 10.1 Å². The third kappa shape index (κ3) is 4.14. The van der Waals surface area contributed by atoms with Gasteiger partial charge in [-0.3, -0.25) is 4.79 Å². The predicted octanol–water partition coefficient (Wildman–Crippen LogP) is 4.33. The minimum Gasteiger partial charge on any atom is -0.497 e. The second-order valence-corrected chi connectivity index (χ2v) is 8.92. The summed E-state index contributed by atoms with van der Waals surface area (Å²) in [6.45, 7) is 5.78. The molecule has 0 atom stereocenters. The molecule has 0 bridgehead atoms. The van der Waals surface area contributed by atoms with Crippen LogP contribution in [0.1, 0.15) is 36.8 Å². The van der Waals surface area contributed by atoms with E-state index < -0.39 is 9.84 Å². The molecule has 0 radical (unpaired) electrons. The molecule has 0 unspecified atom stereocenters. The summed E-state index contributed by atoms with van der Waals surface area (Å²) < 4.78 is 39.5. The number of carbonyl (C=O) groups excluding carboxylic acids is 1. The topological polar surface area (TPSA) is 90.5 Å². The zero-order valence-corrected chi connectivity index (χ0v) is 18.4. The van der Waals surface area contributed by atoms with Gasteiger partial charge in [0.1, 0.15) is 22.2 Å². The van der Waals surface area contributed by atoms with Crippen LogP contribution >= 0.6 is 0 Å². The van der Waals surface area contributed by atoms with Gasteiger partial charge in [-0.15, -0.1) is 0 Å². The highest BCUT2D eigenvalue weighted by Crippen LogP contribution is 2.36. The first kappa shape index (κ1) is 21.7. The van der Waals surface area contributed by atoms with Crippen LogP contribution in [0.4, 0.5) is 5.82 Å². The summed E-state index contributed by atoms with van der Waals surface area (Å²) in [6, 6.07) is 9.79. The summed E-state index contributed by atoms with van der Waals surface area (Å²) in [4.78, 5) is 12.7. The fourth-order valence-electron chi connectivity index (χ4n) is 3.34. The molecule has 3 rings (SSSR count). The van der Waals surface area contributed by atoms with Gasteiger partial charge in [0.05, 0.1) is 24.8 Å². The Bertz CT molecular complexity index is 1130. The third-order valence-corrected chi connectivity index (χ3v) is 6.97. The van der Waals surface area contributed by atoms with Crippen molar-refractivity contribution < 1.29 is 22.4 Å². The Balaban J connectivity index is 2.17. The van der Waals surface area contributed by atoms with E-state index in [4.69, 9.17) is 9.15 Å². The molecule has 0 aliphatic heterocycles. The van der Waals surface area contributed by atoms with Crippen LogP contribution in [0.5, 0.6) is 5.75 Å². The zero-order valence-electron chi connectivity index (χ0n) is 17.6. The molecule has 1 aromatic carbocycles. The number of hydrogen-bond donors (Lipinski definition) is 1. The van der Waals surface area contributed by atoms with Crippen molar-refractivity contribution in [2.45, 2.75) is 49.9 Å². The maximum absolute atomic E-state index is 13.6. The molecule has 1 amide bonds. The number of aromatic nitrogens is 1. The number of nitrogens with zero attached hydrogens (tertiary/aromatic N) is 1. The van der Waals surface area contributed by atoms with Crippen molar-refractivity contribution in [3.05, 3.63) is 59.7 Å². The molecule has 0 saturated carbocycles. The Kier molecular flexibility index (Phi) is 6.36. The lowest BCUT2D eigenvalue weighted by Crippen LogP contribution is -2.17. The highest BCUT2D eigenvalue weighted by molar-refractivity contribution is 7.91. The number of carbonyl (C=O) groups is 1. The Morgan fingerprint density at radius 3 is 2.43 bits per heavy atom. The SMILES string of the molecule is CCCC(=O)Nc1c(S(=O)(=O)c2ccc(OC)cc2)c(C)c(C)n1Cc1ccco1. The van der Waals surface area contributed by atoms with E-state index in [0.29, 0.717) is 36.5 Å². The number of rotatable bonds is 8. The van der Waals surface area contributed by atoms with E-state index >= 15 is 0 Å². The second-order valence-electron chi connectivity index (χ2n) is 7.03. The van der Waals surface area contributed by atoms with Crippen molar-refractivity contribution in [1.82, 2.24) is 4.57 Å². The van der Waals surface area contributed by atoms with Crippen molar-refractivity contribution in [2.75, 3.05) is 12.4 Å². The van der Waals surface area contributed by atoms with Crippen molar-refractivity contribution in [1.29, 1.82) is 0 Å². The zero-order chi connectivity index (χ0) is 21.9. The Morgan fingerprint density at radius 1 is 1.17 bits per heavy atom. The number of benzene rings is 1. The van der Waals surface area contributed by atoms with E-state index in [1.165, 1.54) is 19.2 Å². The van der Waals surface area contributed by atoms with Gasteiger partial charge in [0.2, 0.25) is 15.7 Å². The smallest absolute Gasteiger partial charge is 0.225 e. The van der Waals surface area contributed by atoms with E-state index in [1.54, 1.807) is 36.0 Å². The molecule has 3 aromatic rings. The van der Waals surface area contributed by atoms with E-state index in [0.717, 1.165) is 5.69 Å². The molecule has 160 valence electrons. The average molecular weight is 431 g/mol. The van der Waals surface area contributed by atoms with Gasteiger partial charge >= 0.3 is 0 Å². The molecular weight excluding hydrogens is 404 g/mol. The van der Waals surface area contributed by atoms with Gasteiger partial charge < -0.3 is 19.0 Å². The maximum Gasteiger partial charge on any atom is 0.225 e. The van der Waals surface area contributed by atoms with Gasteiger partial charge in [-0.25, -0.2) is 8.42 Å². The van der Waals surface area contributed by atoms with Gasteiger partial charge in [0.15, 0.2) is 0 Å². The molecule has 0 aliphatic rings. The maximum atomic E-state index is 13.6. The number of methoxy groups -OCH3 is 1. The van der Waals surface area contributed by atoms with E-state index in [-0.39, 0.29) is 21.5 Å². The first-order valence-electron chi connectivity index (χ1n) is 9.70. The second kappa shape index (κ2) is 8.79. The quantitative estimate of drug-likeness (QED) is 0.575. The number of ether oxygens (including phenoxy) is 1. The molecule has 8 heteroatoms. The van der Waals surface area contributed by atoms with Crippen molar-refractivity contribution in [3.8, 4) is 5.75 Å². The van der Waals surface area contributed by atoms with Crippen LogP contribution in [0.25, 0.3) is 0 Å². The first-order chi connectivity index (χ1) is 14.3.